The number of rotatable bonds is 10. The van der Waals surface area contributed by atoms with Crippen molar-refractivity contribution in [3.8, 4) is 11.5 Å². The lowest BCUT2D eigenvalue weighted by Gasteiger charge is -2.28. The van der Waals surface area contributed by atoms with Crippen molar-refractivity contribution in [3.63, 3.8) is 0 Å². The van der Waals surface area contributed by atoms with Gasteiger partial charge < -0.3 is 24.4 Å². The van der Waals surface area contributed by atoms with Crippen LogP contribution in [0.2, 0.25) is 0 Å². The van der Waals surface area contributed by atoms with Gasteiger partial charge in [-0.3, -0.25) is 19.3 Å². The van der Waals surface area contributed by atoms with Crippen molar-refractivity contribution in [2.24, 2.45) is 0 Å². The molecule has 11 heteroatoms. The molecule has 3 amide bonds. The number of benzene rings is 2. The van der Waals surface area contributed by atoms with Crippen molar-refractivity contribution in [3.05, 3.63) is 64.0 Å². The number of ether oxygens (including phenoxy) is 3. The van der Waals surface area contributed by atoms with Gasteiger partial charge in [0, 0.05) is 24.5 Å². The van der Waals surface area contributed by atoms with E-state index in [0.717, 1.165) is 35.4 Å². The highest BCUT2D eigenvalue weighted by Crippen LogP contribution is 2.39. The van der Waals surface area contributed by atoms with Crippen molar-refractivity contribution in [2.45, 2.75) is 6.92 Å². The summed E-state index contributed by atoms with van der Waals surface area (Å²) in [5.74, 6) is 0.0246. The summed E-state index contributed by atoms with van der Waals surface area (Å²) >= 11 is 4.27. The zero-order chi connectivity index (χ0) is 27.1. The molecule has 2 fully saturated rings. The third-order valence-electron chi connectivity index (χ3n) is 5.68. The number of morpholine rings is 1. The molecule has 0 aromatic heterocycles. The molecular formula is C27H28BrN3O6S. The minimum atomic E-state index is -0.529. The van der Waals surface area contributed by atoms with Gasteiger partial charge in [-0.15, -0.1) is 0 Å². The smallest absolute Gasteiger partial charge is 0.294 e. The van der Waals surface area contributed by atoms with Crippen LogP contribution in [-0.2, 0) is 14.3 Å². The monoisotopic (exact) mass is 601 g/mol. The number of carbonyl (C=O) groups excluding carboxylic acids is 3. The summed E-state index contributed by atoms with van der Waals surface area (Å²) in [5.41, 5.74) is 2.27. The summed E-state index contributed by atoms with van der Waals surface area (Å²) in [4.78, 5) is 41.5. The molecular weight excluding hydrogens is 574 g/mol. The molecule has 0 spiro atoms. The molecule has 2 aromatic rings. The van der Waals surface area contributed by atoms with Gasteiger partial charge in [0.15, 0.2) is 11.5 Å². The van der Waals surface area contributed by atoms with Crippen molar-refractivity contribution in [1.29, 1.82) is 0 Å². The van der Waals surface area contributed by atoms with Crippen LogP contribution < -0.4 is 19.7 Å². The van der Waals surface area contributed by atoms with E-state index in [9.17, 15) is 14.4 Å². The number of hydrogen-bond donors (Lipinski definition) is 1. The van der Waals surface area contributed by atoms with Gasteiger partial charge in [-0.05, 0) is 82.7 Å². The Balaban J connectivity index is 1.41. The predicted molar refractivity (Wildman–Crippen MR) is 152 cm³/mol. The van der Waals surface area contributed by atoms with Gasteiger partial charge in [0.2, 0.25) is 5.91 Å². The first-order chi connectivity index (χ1) is 18.4. The molecule has 0 aliphatic carbocycles. The molecule has 2 aliphatic heterocycles. The van der Waals surface area contributed by atoms with Crippen molar-refractivity contribution < 1.29 is 28.6 Å². The summed E-state index contributed by atoms with van der Waals surface area (Å²) in [6.45, 7) is 8.85. The molecule has 0 unspecified atom stereocenters. The fourth-order valence-corrected chi connectivity index (χ4v) is 5.34. The van der Waals surface area contributed by atoms with Gasteiger partial charge in [-0.1, -0.05) is 12.7 Å². The van der Waals surface area contributed by atoms with Crippen LogP contribution in [0, 0.1) is 0 Å². The molecule has 2 aromatic carbocycles. The van der Waals surface area contributed by atoms with E-state index in [4.69, 9.17) is 14.2 Å². The van der Waals surface area contributed by atoms with Crippen LogP contribution in [0.15, 0.2) is 58.4 Å². The molecule has 0 atom stereocenters. The fraction of sp³-hybridized carbons (Fsp3) is 0.296. The number of amides is 3. The number of nitrogens with one attached hydrogen (secondary N) is 1. The molecule has 0 radical (unpaired) electrons. The van der Waals surface area contributed by atoms with Crippen LogP contribution in [0.25, 0.3) is 6.08 Å². The van der Waals surface area contributed by atoms with Crippen LogP contribution in [0.5, 0.6) is 11.5 Å². The first-order valence-corrected chi connectivity index (χ1v) is 13.7. The summed E-state index contributed by atoms with van der Waals surface area (Å²) in [6, 6.07) is 10.9. The zero-order valence-electron chi connectivity index (χ0n) is 20.9. The second kappa shape index (κ2) is 13.0. The molecule has 0 saturated carbocycles. The summed E-state index contributed by atoms with van der Waals surface area (Å²) in [6.07, 6.45) is 3.22. The maximum Gasteiger partial charge on any atom is 0.294 e. The number of nitrogens with zero attached hydrogens (tertiary/aromatic N) is 2. The molecule has 1 N–H and O–H groups in total. The van der Waals surface area contributed by atoms with Gasteiger partial charge in [0.25, 0.3) is 11.1 Å². The van der Waals surface area contributed by atoms with E-state index in [1.165, 1.54) is 0 Å². The number of hydrogen-bond acceptors (Lipinski definition) is 8. The van der Waals surface area contributed by atoms with Crippen LogP contribution in [0.3, 0.4) is 0 Å². The van der Waals surface area contributed by atoms with Crippen molar-refractivity contribution >= 4 is 62.2 Å². The van der Waals surface area contributed by atoms with Crippen LogP contribution >= 0.6 is 27.7 Å². The average Bonchev–Trinajstić information content (AvgIpc) is 3.16. The topological polar surface area (TPSA) is 97.4 Å². The molecule has 0 bridgehead atoms. The Kier molecular flexibility index (Phi) is 9.48. The predicted octanol–water partition coefficient (Wildman–Crippen LogP) is 4.92. The van der Waals surface area contributed by atoms with Crippen molar-refractivity contribution in [2.75, 3.05) is 56.3 Å². The van der Waals surface area contributed by atoms with Gasteiger partial charge >= 0.3 is 0 Å². The molecule has 2 aliphatic rings. The number of thioether (sulfide) groups is 1. The standard InChI is InChI=1S/C27H28BrN3O6S/c1-3-11-37-25-21(28)14-18(15-22(25)36-4-2)16-23-26(33)31(27(34)38-23)17-24(32)29-19-5-7-20(8-6-19)30-9-12-35-13-10-30/h3,5-8,14-16H,1,4,9-13,17H2,2H3,(H,29,32)/b23-16+. The van der Waals surface area contributed by atoms with Crippen molar-refractivity contribution in [1.82, 2.24) is 4.90 Å². The quantitative estimate of drug-likeness (QED) is 0.302. The highest BCUT2D eigenvalue weighted by Gasteiger charge is 2.36. The van der Waals surface area contributed by atoms with E-state index in [0.29, 0.717) is 53.7 Å². The van der Waals surface area contributed by atoms with Gasteiger partial charge in [-0.25, -0.2) is 0 Å². The minimum Gasteiger partial charge on any atom is -0.490 e. The Hall–Kier alpha value is -3.28. The Labute approximate surface area is 233 Å². The lowest BCUT2D eigenvalue weighted by atomic mass is 10.2. The van der Waals surface area contributed by atoms with E-state index < -0.39 is 17.1 Å². The average molecular weight is 603 g/mol. The van der Waals surface area contributed by atoms with Gasteiger partial charge in [0.1, 0.15) is 13.2 Å². The largest absolute Gasteiger partial charge is 0.490 e. The third kappa shape index (κ3) is 6.77. The maximum absolute atomic E-state index is 13.0. The minimum absolute atomic E-state index is 0.215. The SMILES string of the molecule is C=CCOc1c(Br)cc(/C=C2/SC(=O)N(CC(=O)Nc3ccc(N4CCOCC4)cc3)C2=O)cc1OCC. The Morgan fingerprint density at radius 1 is 1.18 bits per heavy atom. The number of imide groups is 1. The second-order valence-electron chi connectivity index (χ2n) is 8.33. The number of anilines is 2. The van der Waals surface area contributed by atoms with E-state index in [1.54, 1.807) is 36.4 Å². The molecule has 2 saturated heterocycles. The Bertz CT molecular complexity index is 1240. The number of carbonyl (C=O) groups is 3. The lowest BCUT2D eigenvalue weighted by Crippen LogP contribution is -2.36. The summed E-state index contributed by atoms with van der Waals surface area (Å²) in [7, 11) is 0. The van der Waals surface area contributed by atoms with Crippen LogP contribution in [0.4, 0.5) is 16.2 Å². The molecule has 9 nitrogen and oxygen atoms in total. The maximum atomic E-state index is 13.0. The van der Waals surface area contributed by atoms with Gasteiger partial charge in [0.05, 0.1) is 29.2 Å². The molecule has 4 rings (SSSR count). The number of halogens is 1. The normalized spacial score (nSPS) is 16.6. The zero-order valence-corrected chi connectivity index (χ0v) is 23.3. The molecule has 2 heterocycles. The van der Waals surface area contributed by atoms with E-state index >= 15 is 0 Å². The Morgan fingerprint density at radius 2 is 1.92 bits per heavy atom. The molecule has 38 heavy (non-hydrogen) atoms. The summed E-state index contributed by atoms with van der Waals surface area (Å²) in [5, 5.41) is 2.25. The first-order valence-electron chi connectivity index (χ1n) is 12.1. The lowest BCUT2D eigenvalue weighted by molar-refractivity contribution is -0.127. The first kappa shape index (κ1) is 27.7. The fourth-order valence-electron chi connectivity index (χ4n) is 3.93. The van der Waals surface area contributed by atoms with Crippen LogP contribution in [-0.4, -0.2) is 68.0 Å². The summed E-state index contributed by atoms with van der Waals surface area (Å²) < 4.78 is 17.4. The van der Waals surface area contributed by atoms with E-state index in [-0.39, 0.29) is 11.4 Å². The highest BCUT2D eigenvalue weighted by atomic mass is 79.9. The Morgan fingerprint density at radius 3 is 2.61 bits per heavy atom. The van der Waals surface area contributed by atoms with E-state index in [1.807, 2.05) is 19.1 Å². The van der Waals surface area contributed by atoms with E-state index in [2.05, 4.69) is 32.7 Å². The highest BCUT2D eigenvalue weighted by molar-refractivity contribution is 9.10. The van der Waals surface area contributed by atoms with Gasteiger partial charge in [-0.2, -0.15) is 0 Å². The van der Waals surface area contributed by atoms with Crippen LogP contribution in [0.1, 0.15) is 12.5 Å². The second-order valence-corrected chi connectivity index (χ2v) is 10.2. The molecule has 200 valence electrons. The third-order valence-corrected chi connectivity index (χ3v) is 7.17.